The second-order valence-electron chi connectivity index (χ2n) is 12.2. The van der Waals surface area contributed by atoms with Gasteiger partial charge < -0.3 is 24.9 Å². The van der Waals surface area contributed by atoms with E-state index >= 15 is 0 Å². The summed E-state index contributed by atoms with van der Waals surface area (Å²) >= 11 is 1.01. The molecular formula is C32H33F2N4O6PS. The SMILES string of the molecule is N#C[C@H]1CN(C(=O)[C@@H]2CC[C@@H]3CCCC[C@H](NC(=O)c4cc5cc(C(F)(F)P(=O)(O)O)ccc5s4)C(=O)N32)C[C@@H]1c1ccccc1. The van der Waals surface area contributed by atoms with Crippen LogP contribution in [0.25, 0.3) is 10.1 Å². The molecule has 3 aliphatic heterocycles. The molecule has 3 aromatic rings. The smallest absolute Gasteiger partial charge is 0.340 e. The minimum Gasteiger partial charge on any atom is -0.340 e. The lowest BCUT2D eigenvalue weighted by atomic mass is 9.90. The number of hydrogen-bond acceptors (Lipinski definition) is 6. The summed E-state index contributed by atoms with van der Waals surface area (Å²) in [5, 5.41) is 12.9. The third kappa shape index (κ3) is 5.95. The number of amides is 3. The van der Waals surface area contributed by atoms with Crippen molar-refractivity contribution >= 4 is 46.7 Å². The molecule has 14 heteroatoms. The maximum absolute atomic E-state index is 14.3. The Morgan fingerprint density at radius 3 is 2.48 bits per heavy atom. The molecule has 0 bridgehead atoms. The number of nitrogens with one attached hydrogen (secondary N) is 1. The average molecular weight is 671 g/mol. The van der Waals surface area contributed by atoms with Gasteiger partial charge >= 0.3 is 13.3 Å². The fourth-order valence-corrected chi connectivity index (χ4v) is 8.43. The van der Waals surface area contributed by atoms with Crippen LogP contribution < -0.4 is 5.32 Å². The molecule has 2 aromatic carbocycles. The average Bonchev–Trinajstić information content (AvgIpc) is 3.77. The zero-order chi connectivity index (χ0) is 32.8. The minimum atomic E-state index is -5.76. The molecule has 4 heterocycles. The summed E-state index contributed by atoms with van der Waals surface area (Å²) in [5.41, 5.74) is -4.26. The van der Waals surface area contributed by atoms with Crippen LogP contribution in [0, 0.1) is 17.2 Å². The van der Waals surface area contributed by atoms with Gasteiger partial charge in [-0.1, -0.05) is 49.2 Å². The number of alkyl halides is 2. The van der Waals surface area contributed by atoms with E-state index in [1.807, 2.05) is 30.3 Å². The molecule has 1 aromatic heterocycles. The largest absolute Gasteiger partial charge is 0.399 e. The fourth-order valence-electron chi connectivity index (χ4n) is 7.01. The summed E-state index contributed by atoms with van der Waals surface area (Å²) in [6, 6.07) is 14.7. The quantitative estimate of drug-likeness (QED) is 0.315. The normalized spacial score (nSPS) is 25.5. The second-order valence-corrected chi connectivity index (χ2v) is 15.0. The Balaban J connectivity index is 1.19. The van der Waals surface area contributed by atoms with Crippen LogP contribution in [0.3, 0.4) is 0 Å². The van der Waals surface area contributed by atoms with Crippen LogP contribution >= 0.6 is 18.9 Å². The highest BCUT2D eigenvalue weighted by atomic mass is 32.1. The van der Waals surface area contributed by atoms with E-state index in [1.54, 1.807) is 9.80 Å². The van der Waals surface area contributed by atoms with Crippen LogP contribution in [-0.2, 0) is 19.8 Å². The van der Waals surface area contributed by atoms with Crippen molar-refractivity contribution in [2.75, 3.05) is 13.1 Å². The van der Waals surface area contributed by atoms with Gasteiger partial charge in [-0.15, -0.1) is 11.3 Å². The van der Waals surface area contributed by atoms with Crippen LogP contribution in [0.15, 0.2) is 54.6 Å². The summed E-state index contributed by atoms with van der Waals surface area (Å²) < 4.78 is 40.4. The molecule has 3 saturated heterocycles. The highest BCUT2D eigenvalue weighted by Crippen LogP contribution is 2.59. The van der Waals surface area contributed by atoms with Crippen LogP contribution in [-0.4, -0.2) is 68.5 Å². The van der Waals surface area contributed by atoms with E-state index < -0.39 is 36.8 Å². The van der Waals surface area contributed by atoms with Crippen molar-refractivity contribution < 1.29 is 37.5 Å². The number of carbonyl (C=O) groups excluding carboxylic acids is 3. The highest BCUT2D eigenvalue weighted by Gasteiger charge is 2.51. The van der Waals surface area contributed by atoms with Gasteiger partial charge in [-0.2, -0.15) is 14.0 Å². The van der Waals surface area contributed by atoms with E-state index in [0.717, 1.165) is 41.9 Å². The fraction of sp³-hybridized carbons (Fsp3) is 0.438. The zero-order valence-electron chi connectivity index (χ0n) is 24.7. The molecular weight excluding hydrogens is 637 g/mol. The number of carbonyl (C=O) groups is 3. The number of nitrogens with zero attached hydrogens (tertiary/aromatic N) is 3. The number of likely N-dealkylation sites (tertiary alicyclic amines) is 1. The van der Waals surface area contributed by atoms with E-state index in [4.69, 9.17) is 9.79 Å². The van der Waals surface area contributed by atoms with E-state index in [1.165, 1.54) is 12.1 Å². The molecule has 0 radical (unpaired) electrons. The highest BCUT2D eigenvalue weighted by molar-refractivity contribution is 7.52. The predicted octanol–water partition coefficient (Wildman–Crippen LogP) is 4.93. The van der Waals surface area contributed by atoms with E-state index in [-0.39, 0.29) is 46.5 Å². The molecule has 0 saturated carbocycles. The first-order valence-electron chi connectivity index (χ1n) is 15.2. The number of hydrogen-bond donors (Lipinski definition) is 3. The number of thiophene rings is 1. The van der Waals surface area contributed by atoms with Gasteiger partial charge in [-0.3, -0.25) is 18.9 Å². The second kappa shape index (κ2) is 12.5. The van der Waals surface area contributed by atoms with Crippen LogP contribution in [0.2, 0.25) is 0 Å². The first-order chi connectivity index (χ1) is 21.9. The van der Waals surface area contributed by atoms with E-state index in [0.29, 0.717) is 36.9 Å². The van der Waals surface area contributed by atoms with Gasteiger partial charge in [0, 0.05) is 35.3 Å². The summed E-state index contributed by atoms with van der Waals surface area (Å²) in [7, 11) is -5.76. The predicted molar refractivity (Wildman–Crippen MR) is 166 cm³/mol. The van der Waals surface area contributed by atoms with E-state index in [2.05, 4.69) is 11.4 Å². The Labute approximate surface area is 268 Å². The Morgan fingerprint density at radius 1 is 1.02 bits per heavy atom. The number of benzene rings is 2. The van der Waals surface area contributed by atoms with Crippen molar-refractivity contribution in [1.82, 2.24) is 15.1 Å². The van der Waals surface area contributed by atoms with Crippen LogP contribution in [0.5, 0.6) is 0 Å². The van der Waals surface area contributed by atoms with Gasteiger partial charge in [-0.05, 0) is 54.8 Å². The lowest BCUT2D eigenvalue weighted by molar-refractivity contribution is -0.146. The molecule has 0 aliphatic carbocycles. The molecule has 10 nitrogen and oxygen atoms in total. The first-order valence-corrected chi connectivity index (χ1v) is 17.7. The molecule has 3 N–H and O–H groups in total. The molecule has 3 amide bonds. The van der Waals surface area contributed by atoms with Gasteiger partial charge in [0.05, 0.1) is 16.9 Å². The zero-order valence-corrected chi connectivity index (χ0v) is 26.4. The van der Waals surface area contributed by atoms with Gasteiger partial charge in [0.1, 0.15) is 12.1 Å². The van der Waals surface area contributed by atoms with Gasteiger partial charge in [-0.25, -0.2) is 0 Å². The van der Waals surface area contributed by atoms with Crippen molar-refractivity contribution in [1.29, 1.82) is 5.26 Å². The Morgan fingerprint density at radius 2 is 1.76 bits per heavy atom. The Bertz CT molecular complexity index is 1760. The van der Waals surface area contributed by atoms with Crippen LogP contribution in [0.1, 0.15) is 65.2 Å². The molecule has 6 rings (SSSR count). The standard InChI is InChI=1S/C32H33F2N4O6PS/c33-32(34,45(42,43)44)22-10-13-27-20(14-22)15-28(46-27)29(39)36-25-9-5-4-8-23-11-12-26(38(23)30(25)40)31(41)37-17-21(16-35)24(18-37)19-6-2-1-3-7-19/h1-3,6-7,10,13-15,21,23-26H,4-5,8-9,11-12,17-18H2,(H,36,39)(H2,42,43,44)/t21-,23-,24+,25-,26-/m0/s1. The molecule has 0 unspecified atom stereocenters. The Hall–Kier alpha value is -3.69. The summed E-state index contributed by atoms with van der Waals surface area (Å²) in [6.45, 7) is 0.671. The topological polar surface area (TPSA) is 151 Å². The third-order valence-corrected chi connectivity index (χ3v) is 11.5. The number of halogens is 2. The molecule has 3 aliphatic rings. The van der Waals surface area contributed by atoms with Gasteiger partial charge in [0.15, 0.2) is 0 Å². The molecule has 242 valence electrons. The monoisotopic (exact) mass is 670 g/mol. The first kappa shape index (κ1) is 32.3. The number of fused-ring (bicyclic) bond motifs is 2. The molecule has 3 fully saturated rings. The van der Waals surface area contributed by atoms with Crippen molar-refractivity contribution in [3.8, 4) is 6.07 Å². The molecule has 5 atom stereocenters. The van der Waals surface area contributed by atoms with Gasteiger partial charge in [0.2, 0.25) is 11.8 Å². The van der Waals surface area contributed by atoms with Crippen molar-refractivity contribution in [2.24, 2.45) is 5.92 Å². The third-order valence-electron chi connectivity index (χ3n) is 9.40. The van der Waals surface area contributed by atoms with Crippen LogP contribution in [0.4, 0.5) is 8.78 Å². The number of nitriles is 1. The lowest BCUT2D eigenvalue weighted by Gasteiger charge is -2.36. The number of rotatable bonds is 6. The summed E-state index contributed by atoms with van der Waals surface area (Å²) in [6.07, 6.45) is 3.80. The maximum atomic E-state index is 14.3. The summed E-state index contributed by atoms with van der Waals surface area (Å²) in [5.74, 6) is -1.59. The minimum absolute atomic E-state index is 0.122. The molecule has 46 heavy (non-hydrogen) atoms. The van der Waals surface area contributed by atoms with Crippen molar-refractivity contribution in [2.45, 2.75) is 68.2 Å². The Kier molecular flexibility index (Phi) is 8.76. The van der Waals surface area contributed by atoms with Crippen molar-refractivity contribution in [3.05, 3.63) is 70.6 Å². The maximum Gasteiger partial charge on any atom is 0.399 e. The molecule has 0 spiro atoms. The lowest BCUT2D eigenvalue weighted by Crippen LogP contribution is -2.56. The summed E-state index contributed by atoms with van der Waals surface area (Å²) in [4.78, 5) is 63.0. The van der Waals surface area contributed by atoms with Crippen molar-refractivity contribution in [3.63, 3.8) is 0 Å². The van der Waals surface area contributed by atoms with Gasteiger partial charge in [0.25, 0.3) is 5.91 Å². The van der Waals surface area contributed by atoms with E-state index in [9.17, 15) is 33.0 Å².